The standard InChI is InChI=1S/C13H18O3S/c1-3-12(14)10-5-7-11(8-6-10)17-9-13(15)16-4-2/h5-8,12,14H,3-4,9H2,1-2H3. The second-order valence-corrected chi connectivity index (χ2v) is 4.64. The molecule has 0 aromatic heterocycles. The van der Waals surface area contributed by atoms with Crippen LogP contribution in [-0.2, 0) is 9.53 Å². The van der Waals surface area contributed by atoms with E-state index in [1.54, 1.807) is 6.92 Å². The van der Waals surface area contributed by atoms with Gasteiger partial charge in [0.2, 0.25) is 0 Å². The first-order valence-corrected chi connectivity index (χ1v) is 6.72. The van der Waals surface area contributed by atoms with Gasteiger partial charge in [0.05, 0.1) is 18.5 Å². The molecule has 0 fully saturated rings. The van der Waals surface area contributed by atoms with Crippen LogP contribution in [0.3, 0.4) is 0 Å². The average molecular weight is 254 g/mol. The van der Waals surface area contributed by atoms with E-state index in [1.165, 1.54) is 11.8 Å². The molecule has 1 unspecified atom stereocenters. The molecule has 0 radical (unpaired) electrons. The van der Waals surface area contributed by atoms with Gasteiger partial charge in [-0.15, -0.1) is 11.8 Å². The molecule has 0 aliphatic heterocycles. The summed E-state index contributed by atoms with van der Waals surface area (Å²) in [5, 5.41) is 9.63. The number of hydrogen-bond acceptors (Lipinski definition) is 4. The Balaban J connectivity index is 2.48. The number of aliphatic hydroxyl groups excluding tert-OH is 1. The van der Waals surface area contributed by atoms with Gasteiger partial charge in [-0.3, -0.25) is 4.79 Å². The fraction of sp³-hybridized carbons (Fsp3) is 0.462. The van der Waals surface area contributed by atoms with Crippen LogP contribution in [0.2, 0.25) is 0 Å². The molecule has 4 heteroatoms. The van der Waals surface area contributed by atoms with E-state index in [4.69, 9.17) is 4.74 Å². The zero-order valence-electron chi connectivity index (χ0n) is 10.2. The summed E-state index contributed by atoms with van der Waals surface area (Å²) in [5.41, 5.74) is 0.910. The van der Waals surface area contributed by atoms with Gasteiger partial charge in [-0.1, -0.05) is 19.1 Å². The van der Waals surface area contributed by atoms with Crippen molar-refractivity contribution < 1.29 is 14.6 Å². The van der Waals surface area contributed by atoms with Crippen LogP contribution in [0.4, 0.5) is 0 Å². The summed E-state index contributed by atoms with van der Waals surface area (Å²) in [6.45, 7) is 4.15. The molecular weight excluding hydrogens is 236 g/mol. The third kappa shape index (κ3) is 4.79. The maximum Gasteiger partial charge on any atom is 0.316 e. The van der Waals surface area contributed by atoms with Gasteiger partial charge < -0.3 is 9.84 Å². The van der Waals surface area contributed by atoms with Crippen LogP contribution < -0.4 is 0 Å². The Kier molecular flexibility index (Phi) is 6.08. The predicted molar refractivity (Wildman–Crippen MR) is 69.0 cm³/mol. The van der Waals surface area contributed by atoms with E-state index >= 15 is 0 Å². The van der Waals surface area contributed by atoms with Gasteiger partial charge in [-0.2, -0.15) is 0 Å². The maximum absolute atomic E-state index is 11.2. The maximum atomic E-state index is 11.2. The zero-order chi connectivity index (χ0) is 12.7. The molecule has 0 saturated carbocycles. The summed E-state index contributed by atoms with van der Waals surface area (Å²) in [7, 11) is 0. The van der Waals surface area contributed by atoms with Crippen LogP contribution in [0, 0.1) is 0 Å². The van der Waals surface area contributed by atoms with Crippen molar-refractivity contribution in [3.8, 4) is 0 Å². The summed E-state index contributed by atoms with van der Waals surface area (Å²) >= 11 is 1.44. The van der Waals surface area contributed by atoms with E-state index in [0.29, 0.717) is 18.8 Å². The third-order valence-corrected chi connectivity index (χ3v) is 3.30. The monoisotopic (exact) mass is 254 g/mol. The van der Waals surface area contributed by atoms with Crippen molar-refractivity contribution in [1.82, 2.24) is 0 Å². The van der Waals surface area contributed by atoms with E-state index in [2.05, 4.69) is 0 Å². The lowest BCUT2D eigenvalue weighted by atomic mass is 10.1. The normalized spacial score (nSPS) is 12.2. The molecule has 0 aliphatic carbocycles. The van der Waals surface area contributed by atoms with Crippen LogP contribution in [0.15, 0.2) is 29.2 Å². The van der Waals surface area contributed by atoms with Crippen LogP contribution in [0.25, 0.3) is 0 Å². The van der Waals surface area contributed by atoms with Gasteiger partial charge in [-0.05, 0) is 31.0 Å². The lowest BCUT2D eigenvalue weighted by molar-refractivity contribution is -0.139. The fourth-order valence-electron chi connectivity index (χ4n) is 1.37. The molecule has 17 heavy (non-hydrogen) atoms. The highest BCUT2D eigenvalue weighted by Gasteiger charge is 2.06. The average Bonchev–Trinajstić information content (AvgIpc) is 2.36. The number of benzene rings is 1. The predicted octanol–water partition coefficient (Wildman–Crippen LogP) is 2.79. The minimum atomic E-state index is -0.404. The minimum absolute atomic E-state index is 0.199. The highest BCUT2D eigenvalue weighted by atomic mass is 32.2. The lowest BCUT2D eigenvalue weighted by Crippen LogP contribution is -2.06. The summed E-state index contributed by atoms with van der Waals surface area (Å²) < 4.78 is 4.84. The molecule has 1 N–H and O–H groups in total. The minimum Gasteiger partial charge on any atom is -0.465 e. The largest absolute Gasteiger partial charge is 0.465 e. The van der Waals surface area contributed by atoms with Gasteiger partial charge in [0, 0.05) is 4.90 Å². The van der Waals surface area contributed by atoms with E-state index in [0.717, 1.165) is 10.5 Å². The molecule has 1 rings (SSSR count). The first-order chi connectivity index (χ1) is 8.17. The number of ether oxygens (including phenoxy) is 1. The molecule has 0 aliphatic rings. The van der Waals surface area contributed by atoms with Crippen molar-refractivity contribution in [2.45, 2.75) is 31.3 Å². The highest BCUT2D eigenvalue weighted by molar-refractivity contribution is 8.00. The lowest BCUT2D eigenvalue weighted by Gasteiger charge is -2.08. The summed E-state index contributed by atoms with van der Waals surface area (Å²) in [6, 6.07) is 7.61. The Morgan fingerprint density at radius 2 is 2.00 bits per heavy atom. The van der Waals surface area contributed by atoms with Gasteiger partial charge in [-0.25, -0.2) is 0 Å². The third-order valence-electron chi connectivity index (χ3n) is 2.31. The van der Waals surface area contributed by atoms with Crippen molar-refractivity contribution in [3.63, 3.8) is 0 Å². The van der Waals surface area contributed by atoms with Crippen molar-refractivity contribution in [2.75, 3.05) is 12.4 Å². The van der Waals surface area contributed by atoms with Crippen molar-refractivity contribution >= 4 is 17.7 Å². The molecule has 1 aromatic rings. The molecule has 0 spiro atoms. The number of rotatable bonds is 6. The van der Waals surface area contributed by atoms with E-state index in [1.807, 2.05) is 31.2 Å². The number of esters is 1. The van der Waals surface area contributed by atoms with E-state index < -0.39 is 6.10 Å². The topological polar surface area (TPSA) is 46.5 Å². The SMILES string of the molecule is CCOC(=O)CSc1ccc(C(O)CC)cc1. The summed E-state index contributed by atoms with van der Waals surface area (Å²) in [4.78, 5) is 12.2. The molecule has 0 saturated heterocycles. The molecular formula is C13H18O3S. The van der Waals surface area contributed by atoms with E-state index in [9.17, 15) is 9.90 Å². The Morgan fingerprint density at radius 3 is 2.53 bits per heavy atom. The van der Waals surface area contributed by atoms with Crippen LogP contribution in [-0.4, -0.2) is 23.4 Å². The number of hydrogen-bond donors (Lipinski definition) is 1. The summed E-state index contributed by atoms with van der Waals surface area (Å²) in [5.74, 6) is 0.124. The first kappa shape index (κ1) is 14.1. The summed E-state index contributed by atoms with van der Waals surface area (Å²) in [6.07, 6.45) is 0.300. The molecule has 0 heterocycles. The smallest absolute Gasteiger partial charge is 0.316 e. The molecule has 0 amide bonds. The van der Waals surface area contributed by atoms with Crippen LogP contribution >= 0.6 is 11.8 Å². The second kappa shape index (κ2) is 7.35. The highest BCUT2D eigenvalue weighted by Crippen LogP contribution is 2.22. The van der Waals surface area contributed by atoms with Crippen molar-refractivity contribution in [1.29, 1.82) is 0 Å². The van der Waals surface area contributed by atoms with Gasteiger partial charge in [0.1, 0.15) is 0 Å². The van der Waals surface area contributed by atoms with Crippen LogP contribution in [0.1, 0.15) is 31.9 Å². The van der Waals surface area contributed by atoms with Gasteiger partial charge in [0.25, 0.3) is 0 Å². The first-order valence-electron chi connectivity index (χ1n) is 5.73. The number of carbonyl (C=O) groups excluding carboxylic acids is 1. The van der Waals surface area contributed by atoms with E-state index in [-0.39, 0.29) is 5.97 Å². The molecule has 3 nitrogen and oxygen atoms in total. The Labute approximate surface area is 106 Å². The second-order valence-electron chi connectivity index (χ2n) is 3.59. The zero-order valence-corrected chi connectivity index (χ0v) is 11.0. The number of aliphatic hydroxyl groups is 1. The Morgan fingerprint density at radius 1 is 1.35 bits per heavy atom. The Bertz CT molecular complexity index is 348. The number of thioether (sulfide) groups is 1. The molecule has 1 aromatic carbocycles. The molecule has 0 bridgehead atoms. The Hall–Kier alpha value is -1.00. The van der Waals surface area contributed by atoms with Crippen LogP contribution in [0.5, 0.6) is 0 Å². The molecule has 94 valence electrons. The van der Waals surface area contributed by atoms with Gasteiger partial charge >= 0.3 is 5.97 Å². The van der Waals surface area contributed by atoms with Crippen molar-refractivity contribution in [2.24, 2.45) is 0 Å². The van der Waals surface area contributed by atoms with Crippen molar-refractivity contribution in [3.05, 3.63) is 29.8 Å². The number of carbonyl (C=O) groups is 1. The van der Waals surface area contributed by atoms with Gasteiger partial charge in [0.15, 0.2) is 0 Å². The fourth-order valence-corrected chi connectivity index (χ4v) is 2.06. The quantitative estimate of drug-likeness (QED) is 0.626. The molecule has 1 atom stereocenters.